The van der Waals surface area contributed by atoms with E-state index in [1.54, 1.807) is 4.52 Å². The average Bonchev–Trinajstić information content (AvgIpc) is 3.11. The lowest BCUT2D eigenvalue weighted by molar-refractivity contribution is -0.131. The maximum Gasteiger partial charge on any atom is 0.254 e. The van der Waals surface area contributed by atoms with Gasteiger partial charge in [0.05, 0.1) is 19.6 Å². The van der Waals surface area contributed by atoms with Crippen molar-refractivity contribution in [2.75, 3.05) is 51.7 Å². The molecule has 0 radical (unpaired) electrons. The van der Waals surface area contributed by atoms with Crippen LogP contribution < -0.4 is 5.73 Å². The van der Waals surface area contributed by atoms with Crippen LogP contribution in [0.4, 0.5) is 5.95 Å². The van der Waals surface area contributed by atoms with Gasteiger partial charge in [-0.3, -0.25) is 9.69 Å². The molecule has 9 nitrogen and oxygen atoms in total. The van der Waals surface area contributed by atoms with Gasteiger partial charge in [-0.25, -0.2) is 4.98 Å². The number of fused-ring (bicyclic) bond motifs is 1. The molecule has 4 rings (SSSR count). The van der Waals surface area contributed by atoms with E-state index in [2.05, 4.69) is 20.0 Å². The van der Waals surface area contributed by atoms with Crippen LogP contribution in [0.1, 0.15) is 36.2 Å². The summed E-state index contributed by atoms with van der Waals surface area (Å²) in [7, 11) is 0. The van der Waals surface area contributed by atoms with Crippen molar-refractivity contribution in [1.82, 2.24) is 29.4 Å². The second-order valence-corrected chi connectivity index (χ2v) is 8.19. The van der Waals surface area contributed by atoms with E-state index >= 15 is 0 Å². The van der Waals surface area contributed by atoms with Crippen LogP contribution in [0, 0.1) is 19.8 Å². The summed E-state index contributed by atoms with van der Waals surface area (Å²) in [4.78, 5) is 26.0. The molecule has 0 aromatic carbocycles. The Morgan fingerprint density at radius 3 is 2.59 bits per heavy atom. The van der Waals surface area contributed by atoms with Crippen LogP contribution >= 0.6 is 0 Å². The van der Waals surface area contributed by atoms with Crippen LogP contribution in [0.5, 0.6) is 0 Å². The highest BCUT2D eigenvalue weighted by atomic mass is 16.5. The maximum atomic E-state index is 12.9. The van der Waals surface area contributed by atoms with Gasteiger partial charge < -0.3 is 15.4 Å². The molecule has 2 fully saturated rings. The fourth-order valence-electron chi connectivity index (χ4n) is 4.40. The van der Waals surface area contributed by atoms with Gasteiger partial charge in [-0.15, -0.1) is 5.10 Å². The molecular weight excluding hydrogens is 370 g/mol. The fourth-order valence-corrected chi connectivity index (χ4v) is 4.40. The molecule has 0 bridgehead atoms. The Morgan fingerprint density at radius 2 is 1.86 bits per heavy atom. The molecule has 2 aliphatic heterocycles. The topological polar surface area (TPSA) is 102 Å². The summed E-state index contributed by atoms with van der Waals surface area (Å²) >= 11 is 0. The van der Waals surface area contributed by atoms with Gasteiger partial charge in [0.15, 0.2) is 0 Å². The number of ether oxygens (including phenoxy) is 1. The molecule has 2 aromatic rings. The lowest BCUT2D eigenvalue weighted by atomic mass is 9.93. The van der Waals surface area contributed by atoms with Crippen LogP contribution in [0.25, 0.3) is 5.78 Å². The lowest BCUT2D eigenvalue weighted by Crippen LogP contribution is -2.41. The highest BCUT2D eigenvalue weighted by Gasteiger charge is 2.25. The summed E-state index contributed by atoms with van der Waals surface area (Å²) in [5, 5.41) is 4.19. The standard InChI is InChI=1S/C20H31N7O2/c1-14-17(15(2)27-20(22-14)23-19(21)24-27)13-18(28)26-7-4-16(5-8-26)3-6-25-9-11-29-12-10-25/h16H,3-13H2,1-2H3,(H2,21,24). The van der Waals surface area contributed by atoms with Crippen molar-refractivity contribution in [2.45, 2.75) is 39.5 Å². The highest BCUT2D eigenvalue weighted by Crippen LogP contribution is 2.23. The number of nitrogens with zero attached hydrogens (tertiary/aromatic N) is 6. The first-order chi connectivity index (χ1) is 14.0. The largest absolute Gasteiger partial charge is 0.379 e. The predicted molar refractivity (Wildman–Crippen MR) is 110 cm³/mol. The van der Waals surface area contributed by atoms with E-state index < -0.39 is 0 Å². The molecule has 0 atom stereocenters. The van der Waals surface area contributed by atoms with E-state index in [1.165, 1.54) is 6.42 Å². The molecule has 158 valence electrons. The molecule has 0 saturated carbocycles. The van der Waals surface area contributed by atoms with Gasteiger partial charge >= 0.3 is 0 Å². The first-order valence-electron chi connectivity index (χ1n) is 10.6. The molecule has 1 amide bonds. The SMILES string of the molecule is Cc1nc2nc(N)nn2c(C)c1CC(=O)N1CCC(CCN2CCOCC2)CC1. The number of nitrogen functional groups attached to an aromatic ring is 1. The number of morpholine rings is 1. The van der Waals surface area contributed by atoms with Gasteiger partial charge in [0, 0.05) is 43.1 Å². The lowest BCUT2D eigenvalue weighted by Gasteiger charge is -2.34. The number of hydrogen-bond acceptors (Lipinski definition) is 7. The molecule has 9 heteroatoms. The smallest absolute Gasteiger partial charge is 0.254 e. The highest BCUT2D eigenvalue weighted by molar-refractivity contribution is 5.79. The number of aryl methyl sites for hydroxylation is 2. The third kappa shape index (κ3) is 4.51. The molecule has 4 heterocycles. The summed E-state index contributed by atoms with van der Waals surface area (Å²) in [5.41, 5.74) is 8.31. The quantitative estimate of drug-likeness (QED) is 0.791. The van der Waals surface area contributed by atoms with Gasteiger partial charge in [-0.05, 0) is 45.6 Å². The van der Waals surface area contributed by atoms with Crippen molar-refractivity contribution in [1.29, 1.82) is 0 Å². The zero-order valence-electron chi connectivity index (χ0n) is 17.4. The van der Waals surface area contributed by atoms with Crippen molar-refractivity contribution in [3.05, 3.63) is 17.0 Å². The minimum Gasteiger partial charge on any atom is -0.379 e. The van der Waals surface area contributed by atoms with Crippen molar-refractivity contribution in [3.63, 3.8) is 0 Å². The number of carbonyl (C=O) groups is 1. The van der Waals surface area contributed by atoms with E-state index in [4.69, 9.17) is 10.5 Å². The monoisotopic (exact) mass is 401 g/mol. The summed E-state index contributed by atoms with van der Waals surface area (Å²) in [6.45, 7) is 10.5. The third-order valence-electron chi connectivity index (χ3n) is 6.32. The summed E-state index contributed by atoms with van der Waals surface area (Å²) < 4.78 is 7.04. The number of amides is 1. The summed E-state index contributed by atoms with van der Waals surface area (Å²) in [5.74, 6) is 1.55. The van der Waals surface area contributed by atoms with Crippen molar-refractivity contribution in [3.8, 4) is 0 Å². The Kier molecular flexibility index (Phi) is 5.96. The number of piperidine rings is 1. The average molecular weight is 402 g/mol. The van der Waals surface area contributed by atoms with Crippen LogP contribution in [0.15, 0.2) is 0 Å². The number of carbonyl (C=O) groups excluding carboxylic acids is 1. The van der Waals surface area contributed by atoms with Crippen LogP contribution in [-0.4, -0.2) is 81.2 Å². The number of anilines is 1. The minimum absolute atomic E-state index is 0.164. The zero-order chi connectivity index (χ0) is 20.4. The van der Waals surface area contributed by atoms with Gasteiger partial charge in [0.25, 0.3) is 5.78 Å². The summed E-state index contributed by atoms with van der Waals surface area (Å²) in [6, 6.07) is 0. The minimum atomic E-state index is 0.164. The Bertz CT molecular complexity index is 867. The molecule has 29 heavy (non-hydrogen) atoms. The number of hydrogen-bond donors (Lipinski definition) is 1. The van der Waals surface area contributed by atoms with E-state index in [9.17, 15) is 4.79 Å². The number of rotatable bonds is 5. The van der Waals surface area contributed by atoms with Crippen molar-refractivity contribution < 1.29 is 9.53 Å². The predicted octanol–water partition coefficient (Wildman–Crippen LogP) is 0.827. The van der Waals surface area contributed by atoms with Crippen LogP contribution in [0.2, 0.25) is 0 Å². The van der Waals surface area contributed by atoms with Gasteiger partial charge in [0.2, 0.25) is 11.9 Å². The first-order valence-corrected chi connectivity index (χ1v) is 10.6. The van der Waals surface area contributed by atoms with E-state index in [-0.39, 0.29) is 11.9 Å². The van der Waals surface area contributed by atoms with Crippen LogP contribution in [-0.2, 0) is 16.0 Å². The van der Waals surface area contributed by atoms with Crippen molar-refractivity contribution >= 4 is 17.6 Å². The molecule has 0 aliphatic carbocycles. The van der Waals surface area contributed by atoms with Gasteiger partial charge in [0.1, 0.15) is 0 Å². The second kappa shape index (κ2) is 8.62. The normalized spacial score (nSPS) is 19.2. The molecule has 0 spiro atoms. The number of likely N-dealkylation sites (tertiary alicyclic amines) is 1. The molecule has 2 N–H and O–H groups in total. The Hall–Kier alpha value is -2.26. The first kappa shape index (κ1) is 20.0. The van der Waals surface area contributed by atoms with Crippen molar-refractivity contribution in [2.24, 2.45) is 5.92 Å². The number of aromatic nitrogens is 4. The molecule has 2 aromatic heterocycles. The van der Waals surface area contributed by atoms with Gasteiger partial charge in [-0.2, -0.15) is 9.50 Å². The zero-order valence-corrected chi connectivity index (χ0v) is 17.4. The fraction of sp³-hybridized carbons (Fsp3) is 0.700. The second-order valence-electron chi connectivity index (χ2n) is 8.19. The van der Waals surface area contributed by atoms with Gasteiger partial charge in [-0.1, -0.05) is 0 Å². The third-order valence-corrected chi connectivity index (χ3v) is 6.32. The Morgan fingerprint density at radius 1 is 1.14 bits per heavy atom. The van der Waals surface area contributed by atoms with E-state index in [0.29, 0.717) is 18.1 Å². The summed E-state index contributed by atoms with van der Waals surface area (Å²) in [6.07, 6.45) is 3.74. The Labute approximate surface area is 171 Å². The van der Waals surface area contributed by atoms with Crippen LogP contribution in [0.3, 0.4) is 0 Å². The van der Waals surface area contributed by atoms with E-state index in [1.807, 2.05) is 18.7 Å². The maximum absolute atomic E-state index is 12.9. The Balaban J connectivity index is 1.31. The molecule has 0 unspecified atom stereocenters. The van der Waals surface area contributed by atoms with E-state index in [0.717, 1.165) is 75.7 Å². The molecule has 2 saturated heterocycles. The number of nitrogens with two attached hydrogens (primary N) is 1. The molecule has 2 aliphatic rings. The molecular formula is C20H31N7O2.